The first kappa shape index (κ1) is 15.5. The van der Waals surface area contributed by atoms with Gasteiger partial charge in [-0.25, -0.2) is 0 Å². The van der Waals surface area contributed by atoms with Crippen LogP contribution in [0.25, 0.3) is 0 Å². The van der Waals surface area contributed by atoms with E-state index < -0.39 is 6.29 Å². The van der Waals surface area contributed by atoms with Crippen molar-refractivity contribution in [2.45, 2.75) is 26.6 Å². The van der Waals surface area contributed by atoms with Gasteiger partial charge in [0.15, 0.2) is 12.1 Å². The van der Waals surface area contributed by atoms with Crippen LogP contribution < -0.4 is 4.74 Å². The number of rotatable bonds is 6. The van der Waals surface area contributed by atoms with Gasteiger partial charge in [0.2, 0.25) is 0 Å². The zero-order valence-corrected chi connectivity index (χ0v) is 13.5. The van der Waals surface area contributed by atoms with Crippen molar-refractivity contribution in [1.29, 1.82) is 0 Å². The van der Waals surface area contributed by atoms with Crippen LogP contribution in [-0.2, 0) is 15.9 Å². The molecule has 0 fully saturated rings. The van der Waals surface area contributed by atoms with Gasteiger partial charge in [-0.3, -0.25) is 4.79 Å². The Morgan fingerprint density at radius 2 is 1.95 bits per heavy atom. The van der Waals surface area contributed by atoms with Crippen LogP contribution in [0.1, 0.15) is 29.8 Å². The number of hydrogen-bond acceptors (Lipinski definition) is 4. The van der Waals surface area contributed by atoms with E-state index in [2.05, 4.69) is 15.9 Å². The van der Waals surface area contributed by atoms with E-state index in [-0.39, 0.29) is 11.7 Å². The maximum absolute atomic E-state index is 12.7. The van der Waals surface area contributed by atoms with Crippen molar-refractivity contribution in [3.05, 3.63) is 27.7 Å². The van der Waals surface area contributed by atoms with Crippen LogP contribution in [0.2, 0.25) is 0 Å². The van der Waals surface area contributed by atoms with E-state index in [0.717, 1.165) is 10.0 Å². The summed E-state index contributed by atoms with van der Waals surface area (Å²) in [6.45, 7) is 4.83. The zero-order chi connectivity index (χ0) is 14.7. The highest BCUT2D eigenvalue weighted by Crippen LogP contribution is 2.40. The van der Waals surface area contributed by atoms with Crippen molar-refractivity contribution in [2.75, 3.05) is 20.3 Å². The molecule has 1 aromatic carbocycles. The van der Waals surface area contributed by atoms with E-state index in [1.165, 1.54) is 0 Å². The minimum absolute atomic E-state index is 0.0325. The number of ketones is 1. The third-order valence-electron chi connectivity index (χ3n) is 3.44. The van der Waals surface area contributed by atoms with Crippen LogP contribution >= 0.6 is 15.9 Å². The molecule has 5 heteroatoms. The molecule has 1 aromatic rings. The zero-order valence-electron chi connectivity index (χ0n) is 11.9. The number of ether oxygens (including phenoxy) is 3. The number of carbonyl (C=O) groups excluding carboxylic acids is 1. The van der Waals surface area contributed by atoms with Gasteiger partial charge in [-0.1, -0.05) is 15.9 Å². The van der Waals surface area contributed by atoms with Gasteiger partial charge in [0.25, 0.3) is 0 Å². The molecular weight excluding hydrogens is 324 g/mol. The molecule has 0 saturated heterocycles. The van der Waals surface area contributed by atoms with Crippen molar-refractivity contribution in [1.82, 2.24) is 0 Å². The molecule has 0 N–H and O–H groups in total. The van der Waals surface area contributed by atoms with E-state index in [1.54, 1.807) is 13.2 Å². The summed E-state index contributed by atoms with van der Waals surface area (Å²) in [5, 5.41) is 0. The Hall–Kier alpha value is -0.910. The van der Waals surface area contributed by atoms with Crippen LogP contribution in [0.5, 0.6) is 5.75 Å². The molecule has 0 heterocycles. The summed E-state index contributed by atoms with van der Waals surface area (Å²) in [4.78, 5) is 12.7. The Labute approximate surface area is 127 Å². The van der Waals surface area contributed by atoms with Gasteiger partial charge in [-0.2, -0.15) is 0 Å². The number of methoxy groups -OCH3 is 1. The maximum Gasteiger partial charge on any atom is 0.175 e. The largest absolute Gasteiger partial charge is 0.496 e. The summed E-state index contributed by atoms with van der Waals surface area (Å²) in [7, 11) is 1.58. The second-order valence-corrected chi connectivity index (χ2v) is 5.41. The Morgan fingerprint density at radius 3 is 2.50 bits per heavy atom. The average molecular weight is 343 g/mol. The molecule has 110 valence electrons. The van der Waals surface area contributed by atoms with E-state index in [0.29, 0.717) is 30.9 Å². The predicted molar refractivity (Wildman–Crippen MR) is 79.3 cm³/mol. The van der Waals surface area contributed by atoms with E-state index in [1.807, 2.05) is 19.9 Å². The fourth-order valence-electron chi connectivity index (χ4n) is 2.57. The monoisotopic (exact) mass is 342 g/mol. The van der Waals surface area contributed by atoms with Gasteiger partial charge >= 0.3 is 0 Å². The van der Waals surface area contributed by atoms with Crippen LogP contribution in [0, 0.1) is 5.92 Å². The molecule has 0 bridgehead atoms. The SMILES string of the molecule is CCOC(OCC)[C@@H]1Cc2c(Br)ccc(OC)c2C1=O. The second-order valence-electron chi connectivity index (χ2n) is 4.56. The standard InChI is InChI=1S/C15H19BrO4/c1-4-19-15(20-5-2)10-8-9-11(16)6-7-12(18-3)13(9)14(10)17/h6-7,10,15H,4-5,8H2,1-3H3/t10-/m1/s1. The predicted octanol–water partition coefficient (Wildman–Crippen LogP) is 3.21. The third kappa shape index (κ3) is 2.75. The van der Waals surface area contributed by atoms with Gasteiger partial charge < -0.3 is 14.2 Å². The quantitative estimate of drug-likeness (QED) is 0.744. The molecule has 0 aromatic heterocycles. The highest BCUT2D eigenvalue weighted by Gasteiger charge is 2.40. The fourth-order valence-corrected chi connectivity index (χ4v) is 3.06. The Bertz CT molecular complexity index is 495. The molecule has 0 unspecified atom stereocenters. The van der Waals surface area contributed by atoms with Crippen LogP contribution in [0.15, 0.2) is 16.6 Å². The minimum Gasteiger partial charge on any atom is -0.496 e. The summed E-state index contributed by atoms with van der Waals surface area (Å²) in [6, 6.07) is 3.71. The lowest BCUT2D eigenvalue weighted by Gasteiger charge is -2.21. The van der Waals surface area contributed by atoms with Gasteiger partial charge in [-0.15, -0.1) is 0 Å². The lowest BCUT2D eigenvalue weighted by molar-refractivity contribution is -0.156. The summed E-state index contributed by atoms with van der Waals surface area (Å²) >= 11 is 3.50. The van der Waals surface area contributed by atoms with Gasteiger partial charge in [0, 0.05) is 17.7 Å². The minimum atomic E-state index is -0.499. The van der Waals surface area contributed by atoms with Crippen LogP contribution in [-0.4, -0.2) is 32.4 Å². The number of halogens is 1. The van der Waals surface area contributed by atoms with Gasteiger partial charge in [-0.05, 0) is 38.0 Å². The molecule has 0 amide bonds. The lowest BCUT2D eigenvalue weighted by Crippen LogP contribution is -2.31. The second kappa shape index (κ2) is 6.70. The summed E-state index contributed by atoms with van der Waals surface area (Å²) < 4.78 is 17.4. The van der Waals surface area contributed by atoms with Gasteiger partial charge in [0.1, 0.15) is 5.75 Å². The number of hydrogen-bond donors (Lipinski definition) is 0. The Kier molecular flexibility index (Phi) is 5.18. The Morgan fingerprint density at radius 1 is 1.30 bits per heavy atom. The first-order chi connectivity index (χ1) is 9.63. The van der Waals surface area contributed by atoms with E-state index in [9.17, 15) is 4.79 Å². The summed E-state index contributed by atoms with van der Waals surface area (Å²) in [5.74, 6) is 0.338. The molecule has 1 atom stereocenters. The highest BCUT2D eigenvalue weighted by molar-refractivity contribution is 9.10. The van der Waals surface area contributed by atoms with Crippen LogP contribution in [0.3, 0.4) is 0 Å². The van der Waals surface area contributed by atoms with Crippen molar-refractivity contribution < 1.29 is 19.0 Å². The first-order valence-electron chi connectivity index (χ1n) is 6.76. The van der Waals surface area contributed by atoms with Crippen molar-refractivity contribution in [3.63, 3.8) is 0 Å². The molecule has 0 spiro atoms. The smallest absolute Gasteiger partial charge is 0.175 e. The maximum atomic E-state index is 12.7. The molecule has 20 heavy (non-hydrogen) atoms. The van der Waals surface area contributed by atoms with E-state index >= 15 is 0 Å². The summed E-state index contributed by atoms with van der Waals surface area (Å²) in [5.41, 5.74) is 1.63. The molecule has 2 rings (SSSR count). The molecule has 0 radical (unpaired) electrons. The van der Waals surface area contributed by atoms with Crippen molar-refractivity contribution in [3.8, 4) is 5.75 Å². The fraction of sp³-hybridized carbons (Fsp3) is 0.533. The number of carbonyl (C=O) groups is 1. The third-order valence-corrected chi connectivity index (χ3v) is 4.18. The number of fused-ring (bicyclic) bond motifs is 1. The van der Waals surface area contributed by atoms with Crippen LogP contribution in [0.4, 0.5) is 0 Å². The van der Waals surface area contributed by atoms with Gasteiger partial charge in [0.05, 0.1) is 18.6 Å². The molecule has 0 aliphatic heterocycles. The molecule has 1 aliphatic rings. The molecule has 1 aliphatic carbocycles. The first-order valence-corrected chi connectivity index (χ1v) is 7.56. The topological polar surface area (TPSA) is 44.8 Å². The number of Topliss-reactive ketones (excluding diaryl/α,β-unsaturated/α-hetero) is 1. The normalized spacial score (nSPS) is 17.6. The number of benzene rings is 1. The lowest BCUT2D eigenvalue weighted by atomic mass is 10.0. The summed E-state index contributed by atoms with van der Waals surface area (Å²) in [6.07, 6.45) is 0.109. The molecule has 4 nitrogen and oxygen atoms in total. The Balaban J connectivity index is 2.34. The average Bonchev–Trinajstić information content (AvgIpc) is 2.78. The molecule has 0 saturated carbocycles. The highest BCUT2D eigenvalue weighted by atomic mass is 79.9. The molecular formula is C15H19BrO4. The van der Waals surface area contributed by atoms with E-state index in [4.69, 9.17) is 14.2 Å². The van der Waals surface area contributed by atoms with Crippen molar-refractivity contribution in [2.24, 2.45) is 5.92 Å². The van der Waals surface area contributed by atoms with Crippen molar-refractivity contribution >= 4 is 21.7 Å².